The number of aryl methyl sites for hydroxylation is 1. The first-order chi connectivity index (χ1) is 14.7. The van der Waals surface area contributed by atoms with Gasteiger partial charge in [-0.3, -0.25) is 9.59 Å². The maximum Gasteiger partial charge on any atom is 0.264 e. The first-order valence-electron chi connectivity index (χ1n) is 11.4. The molecule has 5 nitrogen and oxygen atoms in total. The van der Waals surface area contributed by atoms with Crippen molar-refractivity contribution in [3.05, 3.63) is 51.5 Å². The van der Waals surface area contributed by atoms with Gasteiger partial charge in [-0.2, -0.15) is 0 Å². The van der Waals surface area contributed by atoms with E-state index in [-0.39, 0.29) is 29.1 Å². The molecular formula is C25H31N3O2S. The van der Waals surface area contributed by atoms with Crippen molar-refractivity contribution < 1.29 is 9.59 Å². The van der Waals surface area contributed by atoms with E-state index in [1.807, 2.05) is 25.1 Å². The summed E-state index contributed by atoms with van der Waals surface area (Å²) in [5.41, 5.74) is 6.66. The second-order valence-electron chi connectivity index (χ2n) is 10.4. The van der Waals surface area contributed by atoms with Gasteiger partial charge in [0.25, 0.3) is 5.91 Å². The van der Waals surface area contributed by atoms with Crippen LogP contribution in [0.15, 0.2) is 30.3 Å². The summed E-state index contributed by atoms with van der Waals surface area (Å²) in [6.45, 7) is 6.14. The van der Waals surface area contributed by atoms with E-state index in [1.54, 1.807) is 0 Å². The van der Waals surface area contributed by atoms with Gasteiger partial charge in [0.2, 0.25) is 5.91 Å². The van der Waals surface area contributed by atoms with E-state index in [4.69, 9.17) is 10.7 Å². The summed E-state index contributed by atoms with van der Waals surface area (Å²) in [6, 6.07) is 10.2. The van der Waals surface area contributed by atoms with Gasteiger partial charge in [-0.1, -0.05) is 30.3 Å². The number of hydrogen-bond donors (Lipinski definition) is 2. The van der Waals surface area contributed by atoms with Gasteiger partial charge in [-0.05, 0) is 82.1 Å². The minimum Gasteiger partial charge on any atom is -0.368 e. The van der Waals surface area contributed by atoms with E-state index in [2.05, 4.69) is 31.3 Å². The van der Waals surface area contributed by atoms with Crippen LogP contribution in [-0.2, 0) is 10.2 Å². The van der Waals surface area contributed by atoms with E-state index < -0.39 is 5.54 Å². The number of benzene rings is 1. The summed E-state index contributed by atoms with van der Waals surface area (Å²) >= 11 is 1.43. The highest BCUT2D eigenvalue weighted by atomic mass is 32.1. The lowest BCUT2D eigenvalue weighted by atomic mass is 9.48. The number of amides is 2. The number of carbonyl (C=O) groups excluding carboxylic acids is 2. The average Bonchev–Trinajstić information content (AvgIpc) is 3.13. The Labute approximate surface area is 187 Å². The molecule has 31 heavy (non-hydrogen) atoms. The summed E-state index contributed by atoms with van der Waals surface area (Å²) in [6.07, 6.45) is 5.30. The third-order valence-corrected chi connectivity index (χ3v) is 9.67. The Balaban J connectivity index is 1.45. The number of nitrogens with two attached hydrogens (primary N) is 1. The fourth-order valence-electron chi connectivity index (χ4n) is 6.69. The van der Waals surface area contributed by atoms with Crippen LogP contribution in [0.1, 0.15) is 71.9 Å². The largest absolute Gasteiger partial charge is 0.368 e. The van der Waals surface area contributed by atoms with Crippen LogP contribution >= 0.6 is 11.3 Å². The number of nitrogens with one attached hydrogen (secondary N) is 1. The number of hydrogen-bond acceptors (Lipinski definition) is 4. The first-order valence-corrected chi connectivity index (χ1v) is 12.2. The highest BCUT2D eigenvalue weighted by Crippen LogP contribution is 2.58. The van der Waals surface area contributed by atoms with Gasteiger partial charge < -0.3 is 11.1 Å². The van der Waals surface area contributed by atoms with Crippen LogP contribution < -0.4 is 11.1 Å². The van der Waals surface area contributed by atoms with Gasteiger partial charge in [-0.25, -0.2) is 4.98 Å². The smallest absolute Gasteiger partial charge is 0.264 e. The van der Waals surface area contributed by atoms with Crippen molar-refractivity contribution in [1.29, 1.82) is 0 Å². The number of thiazole rings is 1. The molecule has 0 spiro atoms. The first kappa shape index (κ1) is 20.7. The van der Waals surface area contributed by atoms with Gasteiger partial charge in [0.05, 0.1) is 5.69 Å². The normalized spacial score (nSPS) is 31.6. The Hall–Kier alpha value is -2.21. The quantitative estimate of drug-likeness (QED) is 0.736. The van der Waals surface area contributed by atoms with E-state index in [9.17, 15) is 9.59 Å². The number of rotatable bonds is 5. The maximum absolute atomic E-state index is 13.5. The number of aromatic nitrogens is 1. The molecule has 3 N–H and O–H groups in total. The van der Waals surface area contributed by atoms with Gasteiger partial charge >= 0.3 is 0 Å². The second kappa shape index (κ2) is 7.16. The zero-order valence-electron chi connectivity index (χ0n) is 18.5. The number of primary amides is 1. The Morgan fingerprint density at radius 2 is 1.65 bits per heavy atom. The van der Waals surface area contributed by atoms with Crippen LogP contribution in [0, 0.1) is 30.6 Å². The molecule has 0 aliphatic heterocycles. The van der Waals surface area contributed by atoms with Crippen LogP contribution in [-0.4, -0.2) is 22.3 Å². The summed E-state index contributed by atoms with van der Waals surface area (Å²) in [4.78, 5) is 31.7. The van der Waals surface area contributed by atoms with E-state index in [0.717, 1.165) is 36.3 Å². The molecular weight excluding hydrogens is 406 g/mol. The molecule has 4 saturated carbocycles. The van der Waals surface area contributed by atoms with Gasteiger partial charge in [0, 0.05) is 5.41 Å². The minimum absolute atomic E-state index is 0.165. The SMILES string of the molecule is Cc1nc(C(C)(C)c2ccccc2)sc1C(=O)NC1(C(N)=O)C2CC3CC(C2)CC1C3. The van der Waals surface area contributed by atoms with Crippen molar-refractivity contribution in [2.75, 3.05) is 0 Å². The molecule has 0 unspecified atom stereocenters. The molecule has 1 aromatic heterocycles. The van der Waals surface area contributed by atoms with Crippen LogP contribution in [0.25, 0.3) is 0 Å². The average molecular weight is 438 g/mol. The summed E-state index contributed by atoms with van der Waals surface area (Å²) in [5, 5.41) is 4.10. The molecule has 6 heteroatoms. The molecule has 4 fully saturated rings. The van der Waals surface area contributed by atoms with Crippen molar-refractivity contribution in [1.82, 2.24) is 10.3 Å². The fraction of sp³-hybridized carbons (Fsp3) is 0.560. The molecule has 0 atom stereocenters. The van der Waals surface area contributed by atoms with Crippen molar-refractivity contribution in [2.24, 2.45) is 29.4 Å². The molecule has 164 valence electrons. The third-order valence-electron chi connectivity index (χ3n) is 8.19. The van der Waals surface area contributed by atoms with Crippen LogP contribution in [0.2, 0.25) is 0 Å². The molecule has 6 rings (SSSR count). The number of nitrogens with zero attached hydrogens (tertiary/aromatic N) is 1. The van der Waals surface area contributed by atoms with Crippen LogP contribution in [0.5, 0.6) is 0 Å². The zero-order valence-corrected chi connectivity index (χ0v) is 19.3. The Kier molecular flexibility index (Phi) is 4.77. The molecule has 4 bridgehead atoms. The van der Waals surface area contributed by atoms with E-state index >= 15 is 0 Å². The Bertz CT molecular complexity index is 999. The maximum atomic E-state index is 13.5. The third kappa shape index (κ3) is 3.13. The Morgan fingerprint density at radius 3 is 2.19 bits per heavy atom. The lowest BCUT2D eigenvalue weighted by molar-refractivity contribution is -0.142. The van der Waals surface area contributed by atoms with Gasteiger partial charge in [0.1, 0.15) is 15.4 Å². The van der Waals surface area contributed by atoms with Crippen molar-refractivity contribution in [3.63, 3.8) is 0 Å². The standard InChI is InChI=1S/C25H31N3O2S/c1-14-20(31-23(27-14)24(2,3)17-7-5-4-6-8-17)21(29)28-25(22(26)30)18-10-15-9-16(12-18)13-19(25)11-15/h4-8,15-16,18-19H,9-13H2,1-3H3,(H2,26,30)(H,28,29). The summed E-state index contributed by atoms with van der Waals surface area (Å²) in [5.74, 6) is 1.15. The molecule has 4 aliphatic rings. The monoisotopic (exact) mass is 437 g/mol. The highest BCUT2D eigenvalue weighted by Gasteiger charge is 2.61. The van der Waals surface area contributed by atoms with Gasteiger partial charge in [0.15, 0.2) is 0 Å². The zero-order chi connectivity index (χ0) is 22.0. The predicted molar refractivity (Wildman–Crippen MR) is 122 cm³/mol. The molecule has 1 heterocycles. The lowest BCUT2D eigenvalue weighted by Crippen LogP contribution is -2.71. The van der Waals surface area contributed by atoms with E-state index in [0.29, 0.717) is 22.4 Å². The summed E-state index contributed by atoms with van der Waals surface area (Å²) < 4.78 is 0. The second-order valence-corrected chi connectivity index (χ2v) is 11.4. The summed E-state index contributed by atoms with van der Waals surface area (Å²) in [7, 11) is 0. The lowest BCUT2D eigenvalue weighted by Gasteiger charge is -2.59. The molecule has 1 aromatic carbocycles. The van der Waals surface area contributed by atoms with E-state index in [1.165, 1.54) is 17.8 Å². The van der Waals surface area contributed by atoms with Crippen molar-refractivity contribution in [3.8, 4) is 0 Å². The fourth-order valence-corrected chi connectivity index (χ4v) is 7.78. The minimum atomic E-state index is -0.907. The topological polar surface area (TPSA) is 85.1 Å². The van der Waals surface area contributed by atoms with Crippen LogP contribution in [0.4, 0.5) is 0 Å². The molecule has 0 saturated heterocycles. The highest BCUT2D eigenvalue weighted by molar-refractivity contribution is 7.14. The predicted octanol–water partition coefficient (Wildman–Crippen LogP) is 4.19. The van der Waals surface area contributed by atoms with Crippen molar-refractivity contribution in [2.45, 2.75) is 63.8 Å². The number of carbonyl (C=O) groups is 2. The molecule has 0 radical (unpaired) electrons. The van der Waals surface area contributed by atoms with Gasteiger partial charge in [-0.15, -0.1) is 11.3 Å². The molecule has 2 amide bonds. The molecule has 2 aromatic rings. The molecule has 4 aliphatic carbocycles. The van der Waals surface area contributed by atoms with Crippen molar-refractivity contribution >= 4 is 23.2 Å². The van der Waals surface area contributed by atoms with Crippen LogP contribution in [0.3, 0.4) is 0 Å². The Morgan fingerprint density at radius 1 is 1.06 bits per heavy atom.